The molecule has 58 valence electrons. The van der Waals surface area contributed by atoms with E-state index in [2.05, 4.69) is 5.32 Å². The van der Waals surface area contributed by atoms with E-state index in [0.29, 0.717) is 0 Å². The molecule has 0 radical (unpaired) electrons. The fourth-order valence-electron chi connectivity index (χ4n) is 2.27. The molecule has 0 spiro atoms. The van der Waals surface area contributed by atoms with Crippen molar-refractivity contribution in [3.8, 4) is 0 Å². The third kappa shape index (κ3) is 1.06. The van der Waals surface area contributed by atoms with Crippen molar-refractivity contribution in [3.63, 3.8) is 0 Å². The van der Waals surface area contributed by atoms with E-state index in [1.54, 1.807) is 0 Å². The van der Waals surface area contributed by atoms with E-state index < -0.39 is 0 Å². The molecule has 2 heteroatoms. The van der Waals surface area contributed by atoms with Gasteiger partial charge in [0.05, 0.1) is 6.10 Å². The van der Waals surface area contributed by atoms with E-state index >= 15 is 0 Å². The minimum absolute atomic E-state index is 0.00106. The lowest BCUT2D eigenvalue weighted by Gasteiger charge is -2.27. The van der Waals surface area contributed by atoms with Crippen molar-refractivity contribution in [2.45, 2.75) is 25.4 Å². The van der Waals surface area contributed by atoms with Crippen LogP contribution in [0, 0.1) is 11.8 Å². The molecule has 2 aliphatic rings. The molecule has 2 fully saturated rings. The first-order valence-corrected chi connectivity index (χ1v) is 4.25. The van der Waals surface area contributed by atoms with E-state index in [-0.39, 0.29) is 6.10 Å². The first kappa shape index (κ1) is 6.62. The largest absolute Gasteiger partial charge is 0.393 e. The molecule has 1 aliphatic heterocycles. The average molecular weight is 141 g/mol. The van der Waals surface area contributed by atoms with Gasteiger partial charge < -0.3 is 10.4 Å². The number of fused-ring (bicyclic) bond motifs is 1. The molecule has 0 amide bonds. The number of nitrogens with one attached hydrogen (secondary N) is 1. The minimum Gasteiger partial charge on any atom is -0.393 e. The highest BCUT2D eigenvalue weighted by molar-refractivity contribution is 4.87. The number of rotatable bonds is 0. The first-order chi connectivity index (χ1) is 4.86. The summed E-state index contributed by atoms with van der Waals surface area (Å²) in [6.45, 7) is 2.33. The van der Waals surface area contributed by atoms with Crippen LogP contribution in [-0.4, -0.2) is 24.3 Å². The third-order valence-corrected chi connectivity index (χ3v) is 2.93. The smallest absolute Gasteiger partial charge is 0.0543 e. The molecule has 1 aliphatic carbocycles. The van der Waals surface area contributed by atoms with Gasteiger partial charge in [0, 0.05) is 0 Å². The van der Waals surface area contributed by atoms with Crippen LogP contribution >= 0.6 is 0 Å². The molecule has 1 saturated carbocycles. The number of hydrogen-bond donors (Lipinski definition) is 2. The topological polar surface area (TPSA) is 32.3 Å². The zero-order valence-corrected chi connectivity index (χ0v) is 6.21. The second-order valence-electron chi connectivity index (χ2n) is 3.65. The van der Waals surface area contributed by atoms with E-state index in [4.69, 9.17) is 0 Å². The molecular weight excluding hydrogens is 126 g/mol. The predicted molar refractivity (Wildman–Crippen MR) is 39.7 cm³/mol. The first-order valence-electron chi connectivity index (χ1n) is 4.25. The number of aliphatic hydroxyl groups is 1. The summed E-state index contributed by atoms with van der Waals surface area (Å²) in [7, 11) is 0. The summed E-state index contributed by atoms with van der Waals surface area (Å²) >= 11 is 0. The molecule has 2 N–H and O–H groups in total. The Balaban J connectivity index is 1.96. The Morgan fingerprint density at radius 2 is 1.90 bits per heavy atom. The SMILES string of the molecule is OC1CCC2CNC[C@H]2C1. The van der Waals surface area contributed by atoms with Crippen molar-refractivity contribution in [2.75, 3.05) is 13.1 Å². The van der Waals surface area contributed by atoms with Crippen molar-refractivity contribution >= 4 is 0 Å². The second kappa shape index (κ2) is 2.51. The van der Waals surface area contributed by atoms with Gasteiger partial charge in [-0.05, 0) is 44.2 Å². The summed E-state index contributed by atoms with van der Waals surface area (Å²) in [6.07, 6.45) is 3.31. The summed E-state index contributed by atoms with van der Waals surface area (Å²) in [6, 6.07) is 0. The summed E-state index contributed by atoms with van der Waals surface area (Å²) in [5.74, 6) is 1.66. The second-order valence-corrected chi connectivity index (χ2v) is 3.65. The van der Waals surface area contributed by atoms with Crippen LogP contribution in [0.15, 0.2) is 0 Å². The van der Waals surface area contributed by atoms with Crippen molar-refractivity contribution in [1.82, 2.24) is 5.32 Å². The van der Waals surface area contributed by atoms with Crippen LogP contribution in [0.25, 0.3) is 0 Å². The van der Waals surface area contributed by atoms with Crippen LogP contribution < -0.4 is 5.32 Å². The van der Waals surface area contributed by atoms with Gasteiger partial charge in [0.15, 0.2) is 0 Å². The highest BCUT2D eigenvalue weighted by Gasteiger charge is 2.32. The molecule has 3 atom stereocenters. The Kier molecular flexibility index (Phi) is 1.66. The van der Waals surface area contributed by atoms with E-state index in [9.17, 15) is 5.11 Å². The van der Waals surface area contributed by atoms with Crippen molar-refractivity contribution < 1.29 is 5.11 Å². The van der Waals surface area contributed by atoms with Gasteiger partial charge in [-0.2, -0.15) is 0 Å². The molecule has 0 aromatic rings. The number of hydrogen-bond acceptors (Lipinski definition) is 2. The van der Waals surface area contributed by atoms with Crippen LogP contribution in [0.1, 0.15) is 19.3 Å². The lowest BCUT2D eigenvalue weighted by molar-refractivity contribution is 0.0867. The molecule has 0 aromatic carbocycles. The zero-order valence-electron chi connectivity index (χ0n) is 6.21. The minimum atomic E-state index is 0.00106. The maximum atomic E-state index is 9.33. The third-order valence-electron chi connectivity index (χ3n) is 2.93. The summed E-state index contributed by atoms with van der Waals surface area (Å²) in [4.78, 5) is 0. The highest BCUT2D eigenvalue weighted by atomic mass is 16.3. The lowest BCUT2D eigenvalue weighted by Crippen LogP contribution is -2.26. The quantitative estimate of drug-likeness (QED) is 0.510. The van der Waals surface area contributed by atoms with Crippen LogP contribution in [0.2, 0.25) is 0 Å². The summed E-state index contributed by atoms with van der Waals surface area (Å²) in [5.41, 5.74) is 0. The summed E-state index contributed by atoms with van der Waals surface area (Å²) in [5, 5.41) is 12.7. The highest BCUT2D eigenvalue weighted by Crippen LogP contribution is 2.32. The van der Waals surface area contributed by atoms with Crippen molar-refractivity contribution in [2.24, 2.45) is 11.8 Å². The van der Waals surface area contributed by atoms with Gasteiger partial charge in [-0.25, -0.2) is 0 Å². The monoisotopic (exact) mass is 141 g/mol. The molecule has 0 aromatic heterocycles. The molecule has 2 unspecified atom stereocenters. The van der Waals surface area contributed by atoms with Crippen molar-refractivity contribution in [3.05, 3.63) is 0 Å². The zero-order chi connectivity index (χ0) is 6.97. The molecule has 10 heavy (non-hydrogen) atoms. The van der Waals surface area contributed by atoms with Crippen LogP contribution in [0.3, 0.4) is 0 Å². The van der Waals surface area contributed by atoms with Crippen LogP contribution in [0.4, 0.5) is 0 Å². The fraction of sp³-hybridized carbons (Fsp3) is 1.00. The number of aliphatic hydroxyl groups excluding tert-OH is 1. The lowest BCUT2D eigenvalue weighted by atomic mass is 9.80. The van der Waals surface area contributed by atoms with Gasteiger partial charge in [-0.15, -0.1) is 0 Å². The van der Waals surface area contributed by atoms with Crippen LogP contribution in [0.5, 0.6) is 0 Å². The van der Waals surface area contributed by atoms with Gasteiger partial charge >= 0.3 is 0 Å². The molecule has 2 nitrogen and oxygen atoms in total. The van der Waals surface area contributed by atoms with Gasteiger partial charge in [-0.3, -0.25) is 0 Å². The van der Waals surface area contributed by atoms with E-state index in [1.165, 1.54) is 13.0 Å². The fourth-order valence-corrected chi connectivity index (χ4v) is 2.27. The Bertz CT molecular complexity index is 126. The van der Waals surface area contributed by atoms with Crippen molar-refractivity contribution in [1.29, 1.82) is 0 Å². The normalized spacial score (nSPS) is 47.1. The molecule has 1 heterocycles. The predicted octanol–water partition coefficient (Wildman–Crippen LogP) is 0.367. The van der Waals surface area contributed by atoms with Crippen LogP contribution in [-0.2, 0) is 0 Å². The average Bonchev–Trinajstić information content (AvgIpc) is 2.33. The Hall–Kier alpha value is -0.0800. The maximum Gasteiger partial charge on any atom is 0.0543 e. The van der Waals surface area contributed by atoms with Gasteiger partial charge in [0.25, 0.3) is 0 Å². The van der Waals surface area contributed by atoms with Gasteiger partial charge in [0.1, 0.15) is 0 Å². The molecule has 2 rings (SSSR count). The van der Waals surface area contributed by atoms with Gasteiger partial charge in [0.2, 0.25) is 0 Å². The van der Waals surface area contributed by atoms with E-state index in [1.807, 2.05) is 0 Å². The summed E-state index contributed by atoms with van der Waals surface area (Å²) < 4.78 is 0. The molecular formula is C8H15NO. The molecule has 1 saturated heterocycles. The maximum absolute atomic E-state index is 9.33. The Morgan fingerprint density at radius 3 is 2.80 bits per heavy atom. The Morgan fingerprint density at radius 1 is 1.10 bits per heavy atom. The van der Waals surface area contributed by atoms with E-state index in [0.717, 1.165) is 31.2 Å². The Labute approximate surface area is 61.6 Å². The molecule has 0 bridgehead atoms. The standard InChI is InChI=1S/C8H15NO/c10-8-2-1-6-4-9-5-7(6)3-8/h6-10H,1-5H2/t6?,7-,8?/m1/s1. The van der Waals surface area contributed by atoms with Gasteiger partial charge in [-0.1, -0.05) is 0 Å².